The topological polar surface area (TPSA) is 89.6 Å². The third-order valence-corrected chi connectivity index (χ3v) is 1.98. The molecule has 74 valence electrons. The maximum Gasteiger partial charge on any atom is 0.446 e. The molecule has 0 aliphatic heterocycles. The summed E-state index contributed by atoms with van der Waals surface area (Å²) in [6.45, 7) is 1.80. The molecule has 1 atom stereocenters. The molecule has 0 saturated carbocycles. The van der Waals surface area contributed by atoms with Crippen molar-refractivity contribution < 1.29 is 17.2 Å². The molecule has 0 aromatic rings. The van der Waals surface area contributed by atoms with Gasteiger partial charge >= 0.3 is 10.4 Å². The first-order chi connectivity index (χ1) is 5.79. The van der Waals surface area contributed by atoms with Gasteiger partial charge in [0.2, 0.25) is 0 Å². The van der Waals surface area contributed by atoms with E-state index in [1.807, 2.05) is 0 Å². The Kier molecular flexibility index (Phi) is 2.47. The first-order valence-corrected chi connectivity index (χ1v) is 5.00. The molecule has 0 heterocycles. The fourth-order valence-corrected chi connectivity index (χ4v) is 1.28. The van der Waals surface area contributed by atoms with Crippen LogP contribution in [-0.4, -0.2) is 18.5 Å². The minimum Gasteiger partial charge on any atom is -0.362 e. The molecule has 0 aromatic carbocycles. The highest BCUT2D eigenvalue weighted by molar-refractivity contribution is 7.81. The summed E-state index contributed by atoms with van der Waals surface area (Å²) in [6, 6.07) is 0. The highest BCUT2D eigenvalue weighted by Gasteiger charge is 2.18. The minimum absolute atomic E-state index is 0.0884. The monoisotopic (exact) mass is 205 g/mol. The smallest absolute Gasteiger partial charge is 0.362 e. The van der Waals surface area contributed by atoms with Gasteiger partial charge in [-0.1, -0.05) is 6.08 Å². The van der Waals surface area contributed by atoms with Gasteiger partial charge in [0, 0.05) is 5.54 Å². The van der Waals surface area contributed by atoms with Gasteiger partial charge in [0.1, 0.15) is 5.76 Å². The Labute approximate surface area is 76.8 Å². The van der Waals surface area contributed by atoms with Crippen molar-refractivity contribution in [3.63, 3.8) is 0 Å². The summed E-state index contributed by atoms with van der Waals surface area (Å²) in [5.74, 6) is 0.0884. The summed E-state index contributed by atoms with van der Waals surface area (Å²) in [7, 11) is -4.42. The molecule has 0 bridgehead atoms. The third kappa shape index (κ3) is 3.58. The zero-order valence-electron chi connectivity index (χ0n) is 7.10. The molecule has 0 saturated heterocycles. The Hall–Kier alpha value is -0.850. The van der Waals surface area contributed by atoms with Crippen molar-refractivity contribution >= 4 is 10.4 Å². The number of nitrogens with two attached hydrogens (primary N) is 1. The fraction of sp³-hybridized carbons (Fsp3) is 0.429. The summed E-state index contributed by atoms with van der Waals surface area (Å²) in [5, 5.41) is 0. The van der Waals surface area contributed by atoms with Crippen LogP contribution in [0, 0.1) is 0 Å². The van der Waals surface area contributed by atoms with E-state index in [1.165, 1.54) is 12.2 Å². The average Bonchev–Trinajstić information content (AvgIpc) is 1.91. The predicted molar refractivity (Wildman–Crippen MR) is 47.1 cm³/mol. The molecule has 0 radical (unpaired) electrons. The van der Waals surface area contributed by atoms with E-state index >= 15 is 0 Å². The first-order valence-electron chi connectivity index (χ1n) is 3.64. The number of hydrogen-bond acceptors (Lipinski definition) is 4. The van der Waals surface area contributed by atoms with Gasteiger partial charge in [-0.3, -0.25) is 4.55 Å². The van der Waals surface area contributed by atoms with Gasteiger partial charge < -0.3 is 9.92 Å². The van der Waals surface area contributed by atoms with Crippen LogP contribution in [0.15, 0.2) is 24.0 Å². The van der Waals surface area contributed by atoms with Crippen LogP contribution in [-0.2, 0) is 14.6 Å². The van der Waals surface area contributed by atoms with Crippen LogP contribution in [0.2, 0.25) is 0 Å². The van der Waals surface area contributed by atoms with Crippen LogP contribution in [0.5, 0.6) is 0 Å². The van der Waals surface area contributed by atoms with Crippen molar-refractivity contribution in [1.29, 1.82) is 0 Å². The lowest BCUT2D eigenvalue weighted by Crippen LogP contribution is -2.34. The highest BCUT2D eigenvalue weighted by Crippen LogP contribution is 2.19. The molecule has 0 aromatic heterocycles. The van der Waals surface area contributed by atoms with Gasteiger partial charge in [0.25, 0.3) is 0 Å². The largest absolute Gasteiger partial charge is 0.446 e. The van der Waals surface area contributed by atoms with E-state index < -0.39 is 15.9 Å². The molecular formula is C7H11NO4S. The molecule has 1 unspecified atom stereocenters. The van der Waals surface area contributed by atoms with Crippen LogP contribution < -0.4 is 5.73 Å². The van der Waals surface area contributed by atoms with Crippen molar-refractivity contribution in [2.24, 2.45) is 5.73 Å². The van der Waals surface area contributed by atoms with E-state index in [1.54, 1.807) is 13.0 Å². The molecular weight excluding hydrogens is 194 g/mol. The molecule has 1 aliphatic carbocycles. The van der Waals surface area contributed by atoms with Gasteiger partial charge in [-0.25, -0.2) is 0 Å². The van der Waals surface area contributed by atoms with Crippen LogP contribution in [0.3, 0.4) is 0 Å². The zero-order valence-corrected chi connectivity index (χ0v) is 7.91. The zero-order chi connectivity index (χ0) is 10.1. The second-order valence-electron chi connectivity index (χ2n) is 3.16. The van der Waals surface area contributed by atoms with Crippen LogP contribution in [0.4, 0.5) is 0 Å². The minimum atomic E-state index is -4.42. The quantitative estimate of drug-likeness (QED) is 0.635. The normalized spacial score (nSPS) is 28.4. The van der Waals surface area contributed by atoms with E-state index in [0.717, 1.165) is 0 Å². The summed E-state index contributed by atoms with van der Waals surface area (Å²) in [6.07, 6.45) is 5.01. The van der Waals surface area contributed by atoms with Crippen molar-refractivity contribution in [1.82, 2.24) is 0 Å². The fourth-order valence-electron chi connectivity index (χ4n) is 0.912. The van der Waals surface area contributed by atoms with Crippen molar-refractivity contribution in [3.8, 4) is 0 Å². The van der Waals surface area contributed by atoms with E-state index in [4.69, 9.17) is 10.3 Å². The SMILES string of the molecule is CC1(N)C=CC(OS(=O)(=O)O)=CC1. The number of allylic oxidation sites excluding steroid dienone is 1. The average molecular weight is 205 g/mol. The Morgan fingerprint density at radius 3 is 2.69 bits per heavy atom. The van der Waals surface area contributed by atoms with E-state index in [-0.39, 0.29) is 5.76 Å². The van der Waals surface area contributed by atoms with Gasteiger partial charge in [-0.2, -0.15) is 8.42 Å². The van der Waals surface area contributed by atoms with Crippen molar-refractivity contribution in [2.75, 3.05) is 0 Å². The molecule has 0 fully saturated rings. The number of hydrogen-bond donors (Lipinski definition) is 2. The maximum absolute atomic E-state index is 10.3. The van der Waals surface area contributed by atoms with E-state index in [2.05, 4.69) is 4.18 Å². The lowest BCUT2D eigenvalue weighted by Gasteiger charge is -2.21. The van der Waals surface area contributed by atoms with Crippen molar-refractivity contribution in [3.05, 3.63) is 24.0 Å². The Morgan fingerprint density at radius 1 is 1.69 bits per heavy atom. The van der Waals surface area contributed by atoms with E-state index in [9.17, 15) is 8.42 Å². The lowest BCUT2D eigenvalue weighted by atomic mass is 9.95. The van der Waals surface area contributed by atoms with Gasteiger partial charge in [-0.15, -0.1) is 0 Å². The highest BCUT2D eigenvalue weighted by atomic mass is 32.3. The maximum atomic E-state index is 10.3. The van der Waals surface area contributed by atoms with Crippen molar-refractivity contribution in [2.45, 2.75) is 18.9 Å². The summed E-state index contributed by atoms with van der Waals surface area (Å²) in [5.41, 5.74) is 5.22. The molecule has 0 amide bonds. The van der Waals surface area contributed by atoms with Gasteiger partial charge in [-0.05, 0) is 25.5 Å². The summed E-state index contributed by atoms with van der Waals surface area (Å²) < 4.78 is 33.1. The first kappa shape index (κ1) is 10.2. The van der Waals surface area contributed by atoms with Crippen LogP contribution in [0.25, 0.3) is 0 Å². The second kappa shape index (κ2) is 3.13. The number of rotatable bonds is 2. The van der Waals surface area contributed by atoms with E-state index in [0.29, 0.717) is 6.42 Å². The summed E-state index contributed by atoms with van der Waals surface area (Å²) in [4.78, 5) is 0. The van der Waals surface area contributed by atoms with Crippen LogP contribution in [0.1, 0.15) is 13.3 Å². The predicted octanol–water partition coefficient (Wildman–Crippen LogP) is 0.367. The third-order valence-electron chi connectivity index (χ3n) is 1.57. The molecule has 0 spiro atoms. The Balaban J connectivity index is 2.69. The lowest BCUT2D eigenvalue weighted by molar-refractivity contribution is 0.336. The summed E-state index contributed by atoms with van der Waals surface area (Å²) >= 11 is 0. The standard InChI is InChI=1S/C7H11NO4S/c1-7(8)4-2-6(3-5-7)12-13(9,10)11/h2-4H,5,8H2,1H3,(H,9,10,11). The van der Waals surface area contributed by atoms with Crippen LogP contribution >= 0.6 is 0 Å². The molecule has 1 aliphatic rings. The molecule has 3 N–H and O–H groups in total. The second-order valence-corrected chi connectivity index (χ2v) is 4.18. The molecule has 13 heavy (non-hydrogen) atoms. The molecule has 6 heteroatoms. The van der Waals surface area contributed by atoms with Gasteiger partial charge in [0.05, 0.1) is 0 Å². The van der Waals surface area contributed by atoms with Gasteiger partial charge in [0.15, 0.2) is 0 Å². The Bertz CT molecular complexity index is 353. The molecule has 5 nitrogen and oxygen atoms in total. The molecule has 1 rings (SSSR count). The Morgan fingerprint density at radius 2 is 2.31 bits per heavy atom.